The number of hydrogen-bond acceptors (Lipinski definition) is 4. The molecule has 1 saturated heterocycles. The third kappa shape index (κ3) is 5.58. The Labute approximate surface area is 124 Å². The van der Waals surface area contributed by atoms with Gasteiger partial charge in [-0.1, -0.05) is 0 Å². The van der Waals surface area contributed by atoms with Gasteiger partial charge < -0.3 is 26.0 Å². The summed E-state index contributed by atoms with van der Waals surface area (Å²) in [5.74, 6) is -1.75. The lowest BCUT2D eigenvalue weighted by molar-refractivity contribution is -0.139. The molecule has 0 aromatic rings. The molecule has 8 nitrogen and oxygen atoms in total. The quantitative estimate of drug-likeness (QED) is 0.608. The molecule has 1 aliphatic heterocycles. The molecule has 1 heterocycles. The molecular formula is C13H24N4O4. The Morgan fingerprint density at radius 2 is 2.14 bits per heavy atom. The molecule has 0 spiro atoms. The van der Waals surface area contributed by atoms with Crippen molar-refractivity contribution in [3.8, 4) is 0 Å². The van der Waals surface area contributed by atoms with Gasteiger partial charge in [-0.3, -0.25) is 4.79 Å². The van der Waals surface area contributed by atoms with Crippen molar-refractivity contribution >= 4 is 17.9 Å². The van der Waals surface area contributed by atoms with Crippen LogP contribution in [0.2, 0.25) is 0 Å². The van der Waals surface area contributed by atoms with E-state index in [4.69, 9.17) is 10.8 Å². The third-order valence-corrected chi connectivity index (χ3v) is 3.74. The van der Waals surface area contributed by atoms with Gasteiger partial charge in [0.15, 0.2) is 0 Å². The fourth-order valence-electron chi connectivity index (χ4n) is 2.42. The van der Waals surface area contributed by atoms with Crippen LogP contribution < -0.4 is 11.1 Å². The molecule has 1 fully saturated rings. The van der Waals surface area contributed by atoms with Crippen LogP contribution in [0.3, 0.4) is 0 Å². The largest absolute Gasteiger partial charge is 0.480 e. The molecule has 0 aromatic heterocycles. The monoisotopic (exact) mass is 300 g/mol. The van der Waals surface area contributed by atoms with Crippen LogP contribution in [0.5, 0.6) is 0 Å². The Hall–Kier alpha value is -1.83. The van der Waals surface area contributed by atoms with Crippen molar-refractivity contribution in [1.82, 2.24) is 15.1 Å². The highest BCUT2D eigenvalue weighted by Gasteiger charge is 2.27. The summed E-state index contributed by atoms with van der Waals surface area (Å²) in [6.07, 6.45) is 1.82. The lowest BCUT2D eigenvalue weighted by Crippen LogP contribution is -2.53. The number of primary amides is 1. The van der Waals surface area contributed by atoms with Gasteiger partial charge in [0, 0.05) is 26.1 Å². The van der Waals surface area contributed by atoms with E-state index >= 15 is 0 Å². The minimum atomic E-state index is -1.17. The van der Waals surface area contributed by atoms with E-state index < -0.39 is 23.9 Å². The maximum absolute atomic E-state index is 12.1. The fraction of sp³-hybridized carbons (Fsp3) is 0.769. The SMILES string of the molecule is CN1CCCC(N(C)C(=O)N[C@H](CCC(N)=O)C(=O)O)C1. The molecule has 1 rings (SSSR count). The van der Waals surface area contributed by atoms with Crippen molar-refractivity contribution in [2.75, 3.05) is 27.2 Å². The highest BCUT2D eigenvalue weighted by molar-refractivity contribution is 5.83. The standard InChI is InChI=1S/C13H24N4O4/c1-16-7-3-4-9(8-16)17(2)13(21)15-10(12(19)20)5-6-11(14)18/h9-10H,3-8H2,1-2H3,(H2,14,18)(H,15,21)(H,19,20)/t9?,10-/m1/s1. The van der Waals surface area contributed by atoms with Crippen LogP contribution in [0.25, 0.3) is 0 Å². The molecule has 0 radical (unpaired) electrons. The van der Waals surface area contributed by atoms with Crippen molar-refractivity contribution in [3.63, 3.8) is 0 Å². The average Bonchev–Trinajstić information content (AvgIpc) is 2.41. The second-order valence-electron chi connectivity index (χ2n) is 5.51. The number of aliphatic carboxylic acids is 1. The summed E-state index contributed by atoms with van der Waals surface area (Å²) < 4.78 is 0. The van der Waals surface area contributed by atoms with E-state index in [0.29, 0.717) is 0 Å². The molecule has 0 bridgehead atoms. The first kappa shape index (κ1) is 17.2. The van der Waals surface area contributed by atoms with E-state index in [9.17, 15) is 14.4 Å². The smallest absolute Gasteiger partial charge is 0.326 e. The molecule has 120 valence electrons. The summed E-state index contributed by atoms with van der Waals surface area (Å²) in [6, 6.07) is -1.48. The number of carbonyl (C=O) groups excluding carboxylic acids is 2. The highest BCUT2D eigenvalue weighted by atomic mass is 16.4. The predicted molar refractivity (Wildman–Crippen MR) is 76.7 cm³/mol. The summed E-state index contributed by atoms with van der Waals surface area (Å²) >= 11 is 0. The summed E-state index contributed by atoms with van der Waals surface area (Å²) in [6.45, 7) is 1.77. The second kappa shape index (κ2) is 7.82. The van der Waals surface area contributed by atoms with Crippen molar-refractivity contribution < 1.29 is 19.5 Å². The number of piperidine rings is 1. The van der Waals surface area contributed by atoms with Gasteiger partial charge >= 0.3 is 12.0 Å². The van der Waals surface area contributed by atoms with Crippen LogP contribution in [0.4, 0.5) is 4.79 Å². The number of carbonyl (C=O) groups is 3. The van der Waals surface area contributed by atoms with E-state index in [1.54, 1.807) is 7.05 Å². The molecule has 0 aliphatic carbocycles. The molecular weight excluding hydrogens is 276 g/mol. The van der Waals surface area contributed by atoms with Gasteiger partial charge in [-0.25, -0.2) is 9.59 Å². The number of nitrogens with zero attached hydrogens (tertiary/aromatic N) is 2. The zero-order chi connectivity index (χ0) is 16.0. The zero-order valence-corrected chi connectivity index (χ0v) is 12.5. The van der Waals surface area contributed by atoms with Crippen molar-refractivity contribution in [2.45, 2.75) is 37.8 Å². The van der Waals surface area contributed by atoms with Crippen LogP contribution in [-0.4, -0.2) is 72.1 Å². The maximum Gasteiger partial charge on any atom is 0.326 e. The molecule has 8 heteroatoms. The predicted octanol–water partition coefficient (Wildman–Crippen LogP) is -0.559. The summed E-state index contributed by atoms with van der Waals surface area (Å²) in [4.78, 5) is 37.6. The van der Waals surface area contributed by atoms with Gasteiger partial charge in [0.1, 0.15) is 6.04 Å². The average molecular weight is 300 g/mol. The number of likely N-dealkylation sites (tertiary alicyclic amines) is 1. The molecule has 4 N–H and O–H groups in total. The Bertz CT molecular complexity index is 402. The van der Waals surface area contributed by atoms with Gasteiger partial charge in [0.25, 0.3) is 0 Å². The van der Waals surface area contributed by atoms with Gasteiger partial charge in [-0.15, -0.1) is 0 Å². The van der Waals surface area contributed by atoms with Gasteiger partial charge in [-0.05, 0) is 32.9 Å². The maximum atomic E-state index is 12.1. The Kier molecular flexibility index (Phi) is 6.41. The number of nitrogens with one attached hydrogen (secondary N) is 1. The van der Waals surface area contributed by atoms with Crippen molar-refractivity contribution in [3.05, 3.63) is 0 Å². The van der Waals surface area contributed by atoms with Gasteiger partial charge in [0.2, 0.25) is 5.91 Å². The fourth-order valence-corrected chi connectivity index (χ4v) is 2.42. The number of urea groups is 1. The molecule has 21 heavy (non-hydrogen) atoms. The lowest BCUT2D eigenvalue weighted by atomic mass is 10.1. The van der Waals surface area contributed by atoms with E-state index in [-0.39, 0.29) is 18.9 Å². The normalized spacial score (nSPS) is 20.6. The number of rotatable bonds is 6. The van der Waals surface area contributed by atoms with Crippen LogP contribution in [0.15, 0.2) is 0 Å². The molecule has 1 aliphatic rings. The number of likely N-dealkylation sites (N-methyl/N-ethyl adjacent to an activating group) is 2. The topological polar surface area (TPSA) is 116 Å². The minimum Gasteiger partial charge on any atom is -0.480 e. The molecule has 0 saturated carbocycles. The Morgan fingerprint density at radius 3 is 2.67 bits per heavy atom. The van der Waals surface area contributed by atoms with Gasteiger partial charge in [-0.2, -0.15) is 0 Å². The first-order chi connectivity index (χ1) is 9.81. The van der Waals surface area contributed by atoms with E-state index in [0.717, 1.165) is 25.9 Å². The van der Waals surface area contributed by atoms with Crippen molar-refractivity contribution in [1.29, 1.82) is 0 Å². The number of hydrogen-bond donors (Lipinski definition) is 3. The number of carboxylic acids is 1. The second-order valence-corrected chi connectivity index (χ2v) is 5.51. The first-order valence-electron chi connectivity index (χ1n) is 7.04. The van der Waals surface area contributed by atoms with Crippen LogP contribution >= 0.6 is 0 Å². The zero-order valence-electron chi connectivity index (χ0n) is 12.5. The van der Waals surface area contributed by atoms with Gasteiger partial charge in [0.05, 0.1) is 0 Å². The highest BCUT2D eigenvalue weighted by Crippen LogP contribution is 2.13. The molecule has 3 amide bonds. The summed E-state index contributed by atoms with van der Waals surface area (Å²) in [5, 5.41) is 11.5. The first-order valence-corrected chi connectivity index (χ1v) is 7.04. The van der Waals surface area contributed by atoms with Crippen molar-refractivity contribution in [2.24, 2.45) is 5.73 Å². The van der Waals surface area contributed by atoms with Crippen LogP contribution in [0, 0.1) is 0 Å². The number of amides is 3. The minimum absolute atomic E-state index is 0.00514. The van der Waals surface area contributed by atoms with Crippen LogP contribution in [0.1, 0.15) is 25.7 Å². The van der Waals surface area contributed by atoms with E-state index in [2.05, 4.69) is 10.2 Å². The van der Waals surface area contributed by atoms with E-state index in [1.165, 1.54) is 4.90 Å². The molecule has 2 atom stereocenters. The molecule has 1 unspecified atom stereocenters. The lowest BCUT2D eigenvalue weighted by Gasteiger charge is -2.36. The summed E-state index contributed by atoms with van der Waals surface area (Å²) in [5.41, 5.74) is 5.00. The Morgan fingerprint density at radius 1 is 1.48 bits per heavy atom. The Balaban J connectivity index is 2.55. The summed E-state index contributed by atoms with van der Waals surface area (Å²) in [7, 11) is 3.65. The number of carboxylic acid groups (broad SMARTS) is 1. The van der Waals surface area contributed by atoms with Crippen LogP contribution in [-0.2, 0) is 9.59 Å². The van der Waals surface area contributed by atoms with E-state index in [1.807, 2.05) is 7.05 Å². The number of nitrogens with two attached hydrogens (primary N) is 1. The third-order valence-electron chi connectivity index (χ3n) is 3.74. The molecule has 0 aromatic carbocycles.